The number of carbonyl (C=O) groups is 2. The molecule has 0 fully saturated rings. The molecule has 0 unspecified atom stereocenters. The molecule has 182 valence electrons. The van der Waals surface area contributed by atoms with Crippen LogP contribution in [0.4, 0.5) is 4.79 Å². The number of rotatable bonds is 16. The Morgan fingerprint density at radius 2 is 1.50 bits per heavy atom. The van der Waals surface area contributed by atoms with Crippen molar-refractivity contribution in [3.8, 4) is 0 Å². The first kappa shape index (κ1) is 27.8. The van der Waals surface area contributed by atoms with Gasteiger partial charge in [0.1, 0.15) is 11.3 Å². The minimum Gasteiger partial charge on any atom is -0.444 e. The molecule has 0 aliphatic rings. The summed E-state index contributed by atoms with van der Waals surface area (Å²) in [6.45, 7) is 9.22. The Kier molecular flexibility index (Phi) is 14.2. The summed E-state index contributed by atoms with van der Waals surface area (Å²) in [6.07, 6.45) is 2.44. The predicted octanol–water partition coefficient (Wildman–Crippen LogP) is 1.66. The van der Waals surface area contributed by atoms with Crippen LogP contribution in [0.3, 0.4) is 0 Å². The highest BCUT2D eigenvalue weighted by molar-refractivity contribution is 5.92. The van der Waals surface area contributed by atoms with Crippen molar-refractivity contribution >= 4 is 12.0 Å². The lowest BCUT2D eigenvalue weighted by Gasteiger charge is -2.19. The van der Waals surface area contributed by atoms with Crippen molar-refractivity contribution in [1.29, 1.82) is 0 Å². The number of carbonyl (C=O) groups excluding carboxylic acids is 2. The zero-order valence-corrected chi connectivity index (χ0v) is 19.4. The molecule has 32 heavy (non-hydrogen) atoms. The molecule has 0 aromatic carbocycles. The number of amides is 2. The summed E-state index contributed by atoms with van der Waals surface area (Å²) in [5.41, 5.74) is 0.435. The van der Waals surface area contributed by atoms with Crippen molar-refractivity contribution in [2.24, 2.45) is 0 Å². The van der Waals surface area contributed by atoms with Gasteiger partial charge in [-0.25, -0.2) is 4.79 Å². The topological polar surface area (TPSA) is 128 Å². The quantitative estimate of drug-likeness (QED) is 0.321. The zero-order valence-electron chi connectivity index (χ0n) is 19.4. The zero-order chi connectivity index (χ0) is 23.7. The fourth-order valence-electron chi connectivity index (χ4n) is 2.38. The smallest absolute Gasteiger partial charge is 0.407 e. The highest BCUT2D eigenvalue weighted by Crippen LogP contribution is 2.06. The lowest BCUT2D eigenvalue weighted by Crippen LogP contribution is -2.33. The lowest BCUT2D eigenvalue weighted by molar-refractivity contribution is 0.0136. The molecular formula is C22H37N3O7. The van der Waals surface area contributed by atoms with E-state index < -0.39 is 11.7 Å². The van der Waals surface area contributed by atoms with E-state index in [2.05, 4.69) is 15.6 Å². The lowest BCUT2D eigenvalue weighted by atomic mass is 10.2. The summed E-state index contributed by atoms with van der Waals surface area (Å²) in [6, 6.07) is 3.22. The van der Waals surface area contributed by atoms with Gasteiger partial charge >= 0.3 is 6.09 Å². The van der Waals surface area contributed by atoms with Gasteiger partial charge in [0, 0.05) is 32.5 Å². The molecule has 10 nitrogen and oxygen atoms in total. The van der Waals surface area contributed by atoms with Crippen LogP contribution in [0.1, 0.15) is 49.7 Å². The van der Waals surface area contributed by atoms with Crippen LogP contribution in [0.2, 0.25) is 0 Å². The Bertz CT molecular complexity index is 665. The van der Waals surface area contributed by atoms with Gasteiger partial charge in [-0.3, -0.25) is 9.78 Å². The summed E-state index contributed by atoms with van der Waals surface area (Å²) in [5.74, 6) is -0.274. The van der Waals surface area contributed by atoms with Crippen molar-refractivity contribution in [3.63, 3.8) is 0 Å². The van der Waals surface area contributed by atoms with Crippen molar-refractivity contribution < 1.29 is 33.6 Å². The van der Waals surface area contributed by atoms with Crippen LogP contribution in [0, 0.1) is 0 Å². The maximum Gasteiger partial charge on any atom is 0.407 e. The Labute approximate surface area is 190 Å². The maximum atomic E-state index is 12.0. The number of hydrogen-bond acceptors (Lipinski definition) is 8. The fraction of sp³-hybridized carbons (Fsp3) is 0.682. The standard InChI is InChI=1S/C22H37N3O7/c1-22(2,3)32-21(28)25-8-5-11-30-13-15-31-14-12-29-10-4-7-24-20(27)19-16-18(17-26)6-9-23-19/h6,9,16,26H,4-5,7-8,10-15,17H2,1-3H3,(H,24,27)(H,25,28). The van der Waals surface area contributed by atoms with Crippen LogP contribution in [-0.4, -0.2) is 80.4 Å². The van der Waals surface area contributed by atoms with Crippen LogP contribution < -0.4 is 10.6 Å². The first-order chi connectivity index (χ1) is 15.3. The number of aliphatic hydroxyl groups excluding tert-OH is 1. The second kappa shape index (κ2) is 16.4. The Hall–Kier alpha value is -2.27. The van der Waals surface area contributed by atoms with Gasteiger partial charge in [-0.15, -0.1) is 0 Å². The number of ether oxygens (including phenoxy) is 4. The minimum atomic E-state index is -0.496. The third-order valence-electron chi connectivity index (χ3n) is 3.87. The van der Waals surface area contributed by atoms with E-state index in [1.807, 2.05) is 20.8 Å². The molecule has 0 aliphatic heterocycles. The Balaban J connectivity index is 1.85. The van der Waals surface area contributed by atoms with E-state index in [1.54, 1.807) is 12.1 Å². The molecule has 0 spiro atoms. The van der Waals surface area contributed by atoms with E-state index in [4.69, 9.17) is 24.1 Å². The number of alkyl carbamates (subject to hydrolysis) is 1. The predicted molar refractivity (Wildman–Crippen MR) is 118 cm³/mol. The van der Waals surface area contributed by atoms with E-state index in [1.165, 1.54) is 6.20 Å². The van der Waals surface area contributed by atoms with E-state index >= 15 is 0 Å². The molecule has 1 aromatic heterocycles. The molecule has 3 N–H and O–H groups in total. The first-order valence-corrected chi connectivity index (χ1v) is 10.9. The van der Waals surface area contributed by atoms with E-state index in [-0.39, 0.29) is 18.2 Å². The SMILES string of the molecule is CC(C)(C)OC(=O)NCCCOCCOCCOCCCNC(=O)c1cc(CO)ccn1. The van der Waals surface area contributed by atoms with Crippen LogP contribution in [0.25, 0.3) is 0 Å². The molecule has 1 heterocycles. The number of hydrogen-bond donors (Lipinski definition) is 3. The van der Waals surface area contributed by atoms with E-state index in [0.717, 1.165) is 0 Å². The second-order valence-electron chi connectivity index (χ2n) is 7.94. The highest BCUT2D eigenvalue weighted by Gasteiger charge is 2.15. The largest absolute Gasteiger partial charge is 0.444 e. The molecule has 0 bridgehead atoms. The number of nitrogens with one attached hydrogen (secondary N) is 2. The van der Waals surface area contributed by atoms with Gasteiger partial charge in [0.25, 0.3) is 5.91 Å². The average Bonchev–Trinajstić information content (AvgIpc) is 2.75. The maximum absolute atomic E-state index is 12.0. The van der Waals surface area contributed by atoms with Crippen LogP contribution in [0.15, 0.2) is 18.3 Å². The minimum absolute atomic E-state index is 0.127. The molecule has 2 amide bonds. The molecular weight excluding hydrogens is 418 g/mol. The Morgan fingerprint density at radius 1 is 0.938 bits per heavy atom. The molecule has 0 saturated carbocycles. The molecule has 0 radical (unpaired) electrons. The monoisotopic (exact) mass is 455 g/mol. The van der Waals surface area contributed by atoms with Crippen LogP contribution in [-0.2, 0) is 25.6 Å². The molecule has 0 aliphatic carbocycles. The summed E-state index contributed by atoms with van der Waals surface area (Å²) < 4.78 is 21.4. The van der Waals surface area contributed by atoms with Gasteiger partial charge in [-0.05, 0) is 51.3 Å². The summed E-state index contributed by atoms with van der Waals surface area (Å²) in [7, 11) is 0. The van der Waals surface area contributed by atoms with Crippen molar-refractivity contribution in [3.05, 3.63) is 29.6 Å². The van der Waals surface area contributed by atoms with Crippen molar-refractivity contribution in [1.82, 2.24) is 15.6 Å². The summed E-state index contributed by atoms with van der Waals surface area (Å²) in [4.78, 5) is 27.4. The van der Waals surface area contributed by atoms with Gasteiger partial charge < -0.3 is 34.7 Å². The highest BCUT2D eigenvalue weighted by atomic mass is 16.6. The van der Waals surface area contributed by atoms with Gasteiger partial charge in [0.15, 0.2) is 0 Å². The van der Waals surface area contributed by atoms with Gasteiger partial charge in [0.05, 0.1) is 33.0 Å². The third kappa shape index (κ3) is 14.7. The number of aromatic nitrogens is 1. The normalized spacial score (nSPS) is 11.2. The molecule has 0 saturated heterocycles. The van der Waals surface area contributed by atoms with Gasteiger partial charge in [0.2, 0.25) is 0 Å². The van der Waals surface area contributed by atoms with Crippen molar-refractivity contribution in [2.75, 3.05) is 52.7 Å². The number of aliphatic hydroxyl groups is 1. The third-order valence-corrected chi connectivity index (χ3v) is 3.87. The van der Waals surface area contributed by atoms with Crippen molar-refractivity contribution in [2.45, 2.75) is 45.8 Å². The first-order valence-electron chi connectivity index (χ1n) is 10.9. The fourth-order valence-corrected chi connectivity index (χ4v) is 2.38. The summed E-state index contributed by atoms with van der Waals surface area (Å²) in [5, 5.41) is 14.5. The van der Waals surface area contributed by atoms with Gasteiger partial charge in [-0.2, -0.15) is 0 Å². The number of nitrogens with zero attached hydrogens (tertiary/aromatic N) is 1. The van der Waals surface area contributed by atoms with Gasteiger partial charge in [-0.1, -0.05) is 0 Å². The Morgan fingerprint density at radius 3 is 2.06 bits per heavy atom. The molecule has 1 aromatic rings. The van der Waals surface area contributed by atoms with Crippen LogP contribution >= 0.6 is 0 Å². The molecule has 0 atom stereocenters. The molecule has 1 rings (SSSR count). The second-order valence-corrected chi connectivity index (χ2v) is 7.94. The van der Waals surface area contributed by atoms with E-state index in [9.17, 15) is 9.59 Å². The summed E-state index contributed by atoms with van der Waals surface area (Å²) >= 11 is 0. The average molecular weight is 456 g/mol. The van der Waals surface area contributed by atoms with Crippen LogP contribution in [0.5, 0.6) is 0 Å². The number of pyridine rings is 1. The molecule has 10 heteroatoms. The van der Waals surface area contributed by atoms with E-state index in [0.29, 0.717) is 71.1 Å².